The molecule has 1 N–H and O–H groups in total. The van der Waals surface area contributed by atoms with Crippen LogP contribution >= 0.6 is 15.9 Å². The molecule has 6 heteroatoms. The average molecular weight is 419 g/mol. The highest BCUT2D eigenvalue weighted by Crippen LogP contribution is 2.21. The number of carbonyl (C=O) groups excluding carboxylic acids is 2. The van der Waals surface area contributed by atoms with Gasteiger partial charge in [-0.15, -0.1) is 0 Å². The topological polar surface area (TPSA) is 62.6 Å². The molecule has 1 aliphatic rings. The second-order valence-corrected chi connectivity index (χ2v) is 7.47. The van der Waals surface area contributed by atoms with Gasteiger partial charge in [0.25, 0.3) is 5.91 Å². The molecule has 1 atom stereocenters. The summed E-state index contributed by atoms with van der Waals surface area (Å²) < 4.78 is 5.75. The molecule has 0 radical (unpaired) electrons. The predicted octanol–water partition coefficient (Wildman–Crippen LogP) is 4.49. The van der Waals surface area contributed by atoms with Gasteiger partial charge in [-0.05, 0) is 64.5 Å². The number of hydrogen-bond donors (Lipinski definition) is 1. The summed E-state index contributed by atoms with van der Waals surface area (Å²) in [6.07, 6.45) is 3.85. The summed E-state index contributed by atoms with van der Waals surface area (Å²) in [4.78, 5) is 26.6. The Bertz CT molecular complexity index is 770. The van der Waals surface area contributed by atoms with Crippen molar-refractivity contribution in [3.63, 3.8) is 0 Å². The van der Waals surface area contributed by atoms with Crippen LogP contribution in [0.3, 0.4) is 0 Å². The molecule has 1 saturated heterocycles. The minimum Gasteiger partial charge on any atom is -0.444 e. The normalized spacial score (nSPS) is 17.2. The Morgan fingerprint density at radius 2 is 2.00 bits per heavy atom. The third-order valence-corrected chi connectivity index (χ3v) is 5.24. The zero-order valence-electron chi connectivity index (χ0n) is 14.8. The van der Waals surface area contributed by atoms with Crippen LogP contribution in [0.4, 0.5) is 5.69 Å². The second kappa shape index (κ2) is 8.54. The molecular weight excluding hydrogens is 396 g/mol. The number of halogens is 1. The lowest BCUT2D eigenvalue weighted by atomic mass is 9.95. The van der Waals surface area contributed by atoms with Crippen molar-refractivity contribution < 1.29 is 14.0 Å². The van der Waals surface area contributed by atoms with Gasteiger partial charge in [-0.2, -0.15) is 0 Å². The fraction of sp³-hybridized carbons (Fsp3) is 0.400. The lowest BCUT2D eigenvalue weighted by Gasteiger charge is -2.32. The quantitative estimate of drug-likeness (QED) is 0.777. The van der Waals surface area contributed by atoms with E-state index in [9.17, 15) is 9.59 Å². The summed E-state index contributed by atoms with van der Waals surface area (Å²) in [6.45, 7) is 3.93. The number of anilines is 1. The SMILES string of the molecule is CCC1CCCN(C(=O)Cc2ccc(NC(=O)c3ccc(Br)o3)cc2)C1. The van der Waals surface area contributed by atoms with Gasteiger partial charge in [0.2, 0.25) is 5.91 Å². The van der Waals surface area contributed by atoms with E-state index < -0.39 is 0 Å². The van der Waals surface area contributed by atoms with Gasteiger partial charge in [-0.3, -0.25) is 9.59 Å². The van der Waals surface area contributed by atoms with Crippen molar-refractivity contribution in [3.05, 3.63) is 52.4 Å². The fourth-order valence-corrected chi connectivity index (χ4v) is 3.55. The van der Waals surface area contributed by atoms with Gasteiger partial charge in [0.1, 0.15) is 0 Å². The molecule has 26 heavy (non-hydrogen) atoms. The highest BCUT2D eigenvalue weighted by Gasteiger charge is 2.22. The van der Waals surface area contributed by atoms with Crippen molar-refractivity contribution in [1.82, 2.24) is 4.90 Å². The summed E-state index contributed by atoms with van der Waals surface area (Å²) in [5, 5.41) is 2.78. The Labute approximate surface area is 161 Å². The minimum atomic E-state index is -0.307. The Morgan fingerprint density at radius 3 is 2.65 bits per heavy atom. The smallest absolute Gasteiger partial charge is 0.291 e. The summed E-state index contributed by atoms with van der Waals surface area (Å²) in [5.41, 5.74) is 1.62. The Balaban J connectivity index is 1.55. The van der Waals surface area contributed by atoms with Crippen LogP contribution < -0.4 is 5.32 Å². The van der Waals surface area contributed by atoms with Crippen LogP contribution in [0.1, 0.15) is 42.3 Å². The van der Waals surface area contributed by atoms with Gasteiger partial charge in [-0.25, -0.2) is 0 Å². The summed E-state index contributed by atoms with van der Waals surface area (Å²) in [5.74, 6) is 0.748. The Hall–Kier alpha value is -2.08. The molecule has 5 nitrogen and oxygen atoms in total. The van der Waals surface area contributed by atoms with E-state index in [2.05, 4.69) is 28.2 Å². The molecule has 2 amide bonds. The number of carbonyl (C=O) groups is 2. The summed E-state index contributed by atoms with van der Waals surface area (Å²) in [7, 11) is 0. The average Bonchev–Trinajstić information content (AvgIpc) is 3.10. The van der Waals surface area contributed by atoms with Gasteiger partial charge in [0, 0.05) is 18.8 Å². The maximum absolute atomic E-state index is 12.5. The molecule has 0 aliphatic carbocycles. The standard InChI is InChI=1S/C20H23BrN2O3/c1-2-14-4-3-11-23(13-14)19(24)12-15-5-7-16(8-6-15)22-20(25)17-9-10-18(21)26-17/h5-10,14H,2-4,11-13H2,1H3,(H,22,25). The molecule has 1 unspecified atom stereocenters. The molecular formula is C20H23BrN2O3. The zero-order chi connectivity index (χ0) is 18.5. The van der Waals surface area contributed by atoms with E-state index in [-0.39, 0.29) is 17.6 Å². The first kappa shape index (κ1) is 18.7. The summed E-state index contributed by atoms with van der Waals surface area (Å²) >= 11 is 3.18. The molecule has 1 fully saturated rings. The maximum atomic E-state index is 12.5. The van der Waals surface area contributed by atoms with Crippen LogP contribution in [0.2, 0.25) is 0 Å². The van der Waals surface area contributed by atoms with Crippen molar-refractivity contribution in [2.45, 2.75) is 32.6 Å². The number of piperidine rings is 1. The van der Waals surface area contributed by atoms with E-state index in [1.165, 1.54) is 6.42 Å². The number of nitrogens with one attached hydrogen (secondary N) is 1. The predicted molar refractivity (Wildman–Crippen MR) is 104 cm³/mol. The summed E-state index contributed by atoms with van der Waals surface area (Å²) in [6, 6.07) is 10.7. The molecule has 1 aliphatic heterocycles. The first-order valence-corrected chi connectivity index (χ1v) is 9.78. The van der Waals surface area contributed by atoms with Gasteiger partial charge in [0.05, 0.1) is 6.42 Å². The molecule has 1 aromatic carbocycles. The van der Waals surface area contributed by atoms with Gasteiger partial charge in [0.15, 0.2) is 10.4 Å². The van der Waals surface area contributed by atoms with Crippen molar-refractivity contribution in [2.24, 2.45) is 5.92 Å². The van der Waals surface area contributed by atoms with Crippen LogP contribution in [-0.4, -0.2) is 29.8 Å². The monoisotopic (exact) mass is 418 g/mol. The van der Waals surface area contributed by atoms with Crippen molar-refractivity contribution in [3.8, 4) is 0 Å². The number of amides is 2. The van der Waals surface area contributed by atoms with E-state index in [1.54, 1.807) is 12.1 Å². The highest BCUT2D eigenvalue weighted by atomic mass is 79.9. The van der Waals surface area contributed by atoms with Crippen molar-refractivity contribution in [2.75, 3.05) is 18.4 Å². The number of hydrogen-bond acceptors (Lipinski definition) is 3. The second-order valence-electron chi connectivity index (χ2n) is 6.69. The third kappa shape index (κ3) is 4.75. The Morgan fingerprint density at radius 1 is 1.23 bits per heavy atom. The van der Waals surface area contributed by atoms with E-state index >= 15 is 0 Å². The minimum absolute atomic E-state index is 0.181. The highest BCUT2D eigenvalue weighted by molar-refractivity contribution is 9.10. The number of rotatable bonds is 5. The van der Waals surface area contributed by atoms with Crippen molar-refractivity contribution >= 4 is 33.4 Å². The number of benzene rings is 1. The molecule has 1 aromatic heterocycles. The van der Waals surface area contributed by atoms with E-state index in [4.69, 9.17) is 4.42 Å². The molecule has 0 saturated carbocycles. The number of nitrogens with zero attached hydrogens (tertiary/aromatic N) is 1. The molecule has 3 rings (SSSR count). The fourth-order valence-electron chi connectivity index (χ4n) is 3.25. The van der Waals surface area contributed by atoms with Crippen LogP contribution in [0.15, 0.2) is 45.5 Å². The Kier molecular flexibility index (Phi) is 6.14. The van der Waals surface area contributed by atoms with Crippen LogP contribution in [0.25, 0.3) is 0 Å². The van der Waals surface area contributed by atoms with Gasteiger partial charge >= 0.3 is 0 Å². The van der Waals surface area contributed by atoms with Crippen LogP contribution in [0.5, 0.6) is 0 Å². The van der Waals surface area contributed by atoms with Gasteiger partial charge < -0.3 is 14.6 Å². The molecule has 0 spiro atoms. The first-order chi connectivity index (χ1) is 12.5. The zero-order valence-corrected chi connectivity index (χ0v) is 16.4. The third-order valence-electron chi connectivity index (χ3n) is 4.81. The van der Waals surface area contributed by atoms with Crippen LogP contribution in [-0.2, 0) is 11.2 Å². The van der Waals surface area contributed by atoms with Gasteiger partial charge in [-0.1, -0.05) is 25.5 Å². The van der Waals surface area contributed by atoms with Crippen LogP contribution in [0, 0.1) is 5.92 Å². The molecule has 2 aromatic rings. The van der Waals surface area contributed by atoms with E-state index in [0.29, 0.717) is 22.7 Å². The molecule has 2 heterocycles. The van der Waals surface area contributed by atoms with E-state index in [1.807, 2.05) is 29.2 Å². The molecule has 138 valence electrons. The lowest BCUT2D eigenvalue weighted by Crippen LogP contribution is -2.40. The first-order valence-electron chi connectivity index (χ1n) is 8.98. The number of furan rings is 1. The largest absolute Gasteiger partial charge is 0.444 e. The molecule has 0 bridgehead atoms. The number of likely N-dealkylation sites (tertiary alicyclic amines) is 1. The van der Waals surface area contributed by atoms with Crippen molar-refractivity contribution in [1.29, 1.82) is 0 Å². The lowest BCUT2D eigenvalue weighted by molar-refractivity contribution is -0.132. The maximum Gasteiger partial charge on any atom is 0.291 e. The van der Waals surface area contributed by atoms with E-state index in [0.717, 1.165) is 31.5 Å².